The van der Waals surface area contributed by atoms with Gasteiger partial charge in [0.25, 0.3) is 11.6 Å². The van der Waals surface area contributed by atoms with Gasteiger partial charge in [-0.05, 0) is 12.1 Å². The molecular formula is C13H13N5O3. The minimum absolute atomic E-state index is 0.0298. The van der Waals surface area contributed by atoms with Gasteiger partial charge < -0.3 is 10.2 Å². The summed E-state index contributed by atoms with van der Waals surface area (Å²) in [6.07, 6.45) is 2.83. The molecule has 1 N–H and O–H groups in total. The van der Waals surface area contributed by atoms with Crippen molar-refractivity contribution in [1.82, 2.24) is 9.97 Å². The molecule has 1 aromatic carbocycles. The smallest absolute Gasteiger partial charge is 0.278 e. The molecule has 8 nitrogen and oxygen atoms in total. The number of nitro groups is 1. The Morgan fingerprint density at radius 1 is 1.24 bits per heavy atom. The largest absolute Gasteiger partial charge is 0.372 e. The third kappa shape index (κ3) is 3.11. The second-order valence-electron chi connectivity index (χ2n) is 4.17. The number of hydrogen-bond acceptors (Lipinski definition) is 6. The maximum absolute atomic E-state index is 12.2. The summed E-state index contributed by atoms with van der Waals surface area (Å²) in [5.41, 5.74) is 0.692. The molecule has 1 amide bonds. The number of non-ortho nitro benzene ring substituents is 1. The first-order valence-electron chi connectivity index (χ1n) is 6.05. The van der Waals surface area contributed by atoms with Crippen LogP contribution in [0.5, 0.6) is 0 Å². The first-order valence-corrected chi connectivity index (χ1v) is 6.05. The lowest BCUT2D eigenvalue weighted by atomic mass is 10.2. The number of carbonyl (C=O) groups is 1. The summed E-state index contributed by atoms with van der Waals surface area (Å²) in [5, 5.41) is 13.4. The van der Waals surface area contributed by atoms with Crippen molar-refractivity contribution in [3.63, 3.8) is 0 Å². The molecule has 0 aliphatic rings. The lowest BCUT2D eigenvalue weighted by Crippen LogP contribution is -2.27. The fraction of sp³-hybridized carbons (Fsp3) is 0.154. The van der Waals surface area contributed by atoms with Gasteiger partial charge in [-0.2, -0.15) is 0 Å². The molecule has 108 valence electrons. The molecule has 0 aliphatic heterocycles. The topological polar surface area (TPSA) is 101 Å². The van der Waals surface area contributed by atoms with Crippen molar-refractivity contribution in [2.45, 2.75) is 0 Å². The Balaban J connectivity index is 2.19. The average Bonchev–Trinajstić information content (AvgIpc) is 2.53. The summed E-state index contributed by atoms with van der Waals surface area (Å²) in [4.78, 5) is 31.7. The molecule has 1 aromatic heterocycles. The zero-order valence-electron chi connectivity index (χ0n) is 11.5. The highest BCUT2D eigenvalue weighted by Crippen LogP contribution is 2.19. The van der Waals surface area contributed by atoms with E-state index in [1.165, 1.54) is 41.6 Å². The van der Waals surface area contributed by atoms with Crippen molar-refractivity contribution >= 4 is 23.1 Å². The number of carbonyl (C=O) groups excluding carboxylic acids is 1. The van der Waals surface area contributed by atoms with Crippen LogP contribution in [-0.4, -0.2) is 34.9 Å². The zero-order chi connectivity index (χ0) is 15.4. The Labute approximate surface area is 120 Å². The molecule has 1 heterocycles. The predicted octanol–water partition coefficient (Wildman–Crippen LogP) is 1.70. The number of hydrogen-bond donors (Lipinski definition) is 1. The van der Waals surface area contributed by atoms with E-state index < -0.39 is 4.92 Å². The summed E-state index contributed by atoms with van der Waals surface area (Å²) in [5.74, 6) is 0.212. The van der Waals surface area contributed by atoms with Gasteiger partial charge in [-0.15, -0.1) is 0 Å². The zero-order valence-corrected chi connectivity index (χ0v) is 11.5. The fourth-order valence-electron chi connectivity index (χ4n) is 1.65. The summed E-state index contributed by atoms with van der Waals surface area (Å²) >= 11 is 0. The van der Waals surface area contributed by atoms with Gasteiger partial charge in [0, 0.05) is 31.9 Å². The number of aromatic nitrogens is 2. The summed E-state index contributed by atoms with van der Waals surface area (Å²) in [6.45, 7) is 0. The first-order chi connectivity index (χ1) is 10.0. The van der Waals surface area contributed by atoms with Gasteiger partial charge in [-0.3, -0.25) is 14.9 Å². The molecule has 0 spiro atoms. The quantitative estimate of drug-likeness (QED) is 0.678. The standard InChI is InChI=1S/C13H13N5O3/c1-14-12-8-15-11(7-16-12)13(19)17(2)9-3-5-10(6-4-9)18(20)21/h3-8H,1-2H3,(H,14,16). The van der Waals surface area contributed by atoms with E-state index in [1.807, 2.05) is 0 Å². The molecule has 0 saturated carbocycles. The lowest BCUT2D eigenvalue weighted by Gasteiger charge is -2.16. The van der Waals surface area contributed by atoms with E-state index in [-0.39, 0.29) is 17.3 Å². The second kappa shape index (κ2) is 5.95. The van der Waals surface area contributed by atoms with Gasteiger partial charge in [0.1, 0.15) is 11.5 Å². The summed E-state index contributed by atoms with van der Waals surface area (Å²) in [7, 11) is 3.27. The van der Waals surface area contributed by atoms with Crippen molar-refractivity contribution in [3.05, 3.63) is 52.5 Å². The van der Waals surface area contributed by atoms with Crippen LogP contribution >= 0.6 is 0 Å². The van der Waals surface area contributed by atoms with Crippen LogP contribution in [0, 0.1) is 10.1 Å². The van der Waals surface area contributed by atoms with Gasteiger partial charge in [0.2, 0.25) is 0 Å². The molecule has 21 heavy (non-hydrogen) atoms. The third-order valence-corrected chi connectivity index (χ3v) is 2.88. The monoisotopic (exact) mass is 287 g/mol. The third-order valence-electron chi connectivity index (χ3n) is 2.88. The minimum Gasteiger partial charge on any atom is -0.372 e. The molecule has 0 bridgehead atoms. The van der Waals surface area contributed by atoms with Gasteiger partial charge in [-0.25, -0.2) is 9.97 Å². The number of amides is 1. The van der Waals surface area contributed by atoms with Crippen molar-refractivity contribution < 1.29 is 9.72 Å². The van der Waals surface area contributed by atoms with E-state index in [0.717, 1.165) is 0 Å². The Bertz CT molecular complexity index is 655. The molecule has 0 atom stereocenters. The Kier molecular flexibility index (Phi) is 4.07. The van der Waals surface area contributed by atoms with Crippen LogP contribution in [0.25, 0.3) is 0 Å². The van der Waals surface area contributed by atoms with Crippen LogP contribution in [0.15, 0.2) is 36.7 Å². The number of rotatable bonds is 4. The van der Waals surface area contributed by atoms with E-state index in [1.54, 1.807) is 14.1 Å². The Hall–Kier alpha value is -3.03. The maximum Gasteiger partial charge on any atom is 0.278 e. The maximum atomic E-state index is 12.2. The minimum atomic E-state index is -0.493. The number of benzene rings is 1. The molecule has 2 rings (SSSR count). The van der Waals surface area contributed by atoms with Crippen molar-refractivity contribution in [3.8, 4) is 0 Å². The molecule has 0 fully saturated rings. The van der Waals surface area contributed by atoms with E-state index in [2.05, 4.69) is 15.3 Å². The Morgan fingerprint density at radius 3 is 2.38 bits per heavy atom. The van der Waals surface area contributed by atoms with Crippen molar-refractivity contribution in [2.75, 3.05) is 24.3 Å². The van der Waals surface area contributed by atoms with Gasteiger partial charge in [-0.1, -0.05) is 0 Å². The van der Waals surface area contributed by atoms with Gasteiger partial charge in [0.15, 0.2) is 0 Å². The molecule has 0 aliphatic carbocycles. The van der Waals surface area contributed by atoms with E-state index >= 15 is 0 Å². The highest BCUT2D eigenvalue weighted by molar-refractivity contribution is 6.04. The first kappa shape index (κ1) is 14.4. The number of nitro benzene ring substituents is 1. The molecule has 0 saturated heterocycles. The van der Waals surface area contributed by atoms with Crippen molar-refractivity contribution in [1.29, 1.82) is 0 Å². The van der Waals surface area contributed by atoms with Gasteiger partial charge >= 0.3 is 0 Å². The SMILES string of the molecule is CNc1cnc(C(=O)N(C)c2ccc([N+](=O)[O-])cc2)cn1. The van der Waals surface area contributed by atoms with Crippen LogP contribution in [0.2, 0.25) is 0 Å². The number of nitrogens with one attached hydrogen (secondary N) is 1. The highest BCUT2D eigenvalue weighted by atomic mass is 16.6. The van der Waals surface area contributed by atoms with E-state index in [4.69, 9.17) is 0 Å². The van der Waals surface area contributed by atoms with Crippen LogP contribution < -0.4 is 10.2 Å². The number of anilines is 2. The van der Waals surface area contributed by atoms with Crippen LogP contribution in [-0.2, 0) is 0 Å². The number of nitrogens with zero attached hydrogens (tertiary/aromatic N) is 4. The molecule has 0 radical (unpaired) electrons. The molecule has 0 unspecified atom stereocenters. The Morgan fingerprint density at radius 2 is 1.90 bits per heavy atom. The van der Waals surface area contributed by atoms with Crippen LogP contribution in [0.3, 0.4) is 0 Å². The highest BCUT2D eigenvalue weighted by Gasteiger charge is 2.16. The lowest BCUT2D eigenvalue weighted by molar-refractivity contribution is -0.384. The average molecular weight is 287 g/mol. The summed E-state index contributed by atoms with van der Waals surface area (Å²) < 4.78 is 0. The van der Waals surface area contributed by atoms with Crippen molar-refractivity contribution in [2.24, 2.45) is 0 Å². The fourth-order valence-corrected chi connectivity index (χ4v) is 1.65. The van der Waals surface area contributed by atoms with E-state index in [9.17, 15) is 14.9 Å². The van der Waals surface area contributed by atoms with Crippen LogP contribution in [0.1, 0.15) is 10.5 Å². The summed E-state index contributed by atoms with van der Waals surface area (Å²) in [6, 6.07) is 5.70. The second-order valence-corrected chi connectivity index (χ2v) is 4.17. The van der Waals surface area contributed by atoms with Gasteiger partial charge in [0.05, 0.1) is 17.3 Å². The molecule has 2 aromatic rings. The molecule has 8 heteroatoms. The molecular weight excluding hydrogens is 274 g/mol. The normalized spacial score (nSPS) is 10.0. The van der Waals surface area contributed by atoms with Crippen LogP contribution in [0.4, 0.5) is 17.2 Å². The predicted molar refractivity (Wildman–Crippen MR) is 77.4 cm³/mol. The van der Waals surface area contributed by atoms with E-state index in [0.29, 0.717) is 11.5 Å².